The number of nitrogens with zero attached hydrogens (tertiary/aromatic N) is 3. The van der Waals surface area contributed by atoms with Crippen LogP contribution in [-0.2, 0) is 9.53 Å². The van der Waals surface area contributed by atoms with Crippen LogP contribution in [0.1, 0.15) is 28.4 Å². The maximum absolute atomic E-state index is 13.3. The third kappa shape index (κ3) is 4.06. The van der Waals surface area contributed by atoms with Crippen molar-refractivity contribution in [3.05, 3.63) is 77.9 Å². The summed E-state index contributed by atoms with van der Waals surface area (Å²) in [6.07, 6.45) is 3.78. The van der Waals surface area contributed by atoms with Crippen molar-refractivity contribution < 1.29 is 23.5 Å². The largest absolute Gasteiger partial charge is 0.465 e. The molecule has 3 atom stereocenters. The average Bonchev–Trinajstić information content (AvgIpc) is 3.41. The monoisotopic (exact) mass is 466 g/mol. The number of carbonyl (C=O) groups excluding carboxylic acids is 3. The number of amides is 3. The van der Waals surface area contributed by atoms with Crippen molar-refractivity contribution >= 4 is 23.6 Å². The van der Waals surface area contributed by atoms with Crippen molar-refractivity contribution in [3.63, 3.8) is 0 Å². The number of hydrazine groups is 2. The van der Waals surface area contributed by atoms with Crippen molar-refractivity contribution in [3.8, 4) is 0 Å². The molecule has 10 nitrogen and oxygen atoms in total. The van der Waals surface area contributed by atoms with E-state index in [9.17, 15) is 18.8 Å². The molecule has 3 amide bonds. The van der Waals surface area contributed by atoms with E-state index in [4.69, 9.17) is 0 Å². The maximum atomic E-state index is 13.3. The van der Waals surface area contributed by atoms with Crippen LogP contribution in [0.3, 0.4) is 0 Å². The summed E-state index contributed by atoms with van der Waals surface area (Å²) in [4.78, 5) is 38.5. The molecule has 3 heterocycles. The molecule has 176 valence electrons. The first-order valence-electron chi connectivity index (χ1n) is 10.8. The fourth-order valence-electron chi connectivity index (χ4n) is 4.40. The fraction of sp³-hybridized carbons (Fsp3) is 0.261. The molecule has 0 radical (unpaired) electrons. The topological polar surface area (TPSA) is 106 Å². The molecule has 2 aromatic rings. The normalized spacial score (nSPS) is 23.1. The van der Waals surface area contributed by atoms with Gasteiger partial charge in [0.15, 0.2) is 0 Å². The molecule has 0 aliphatic carbocycles. The van der Waals surface area contributed by atoms with Gasteiger partial charge in [0, 0.05) is 18.1 Å². The number of urea groups is 1. The number of carbonyl (C=O) groups is 3. The summed E-state index contributed by atoms with van der Waals surface area (Å²) in [7, 11) is 1.30. The number of esters is 1. The number of methoxy groups -OCH3 is 1. The third-order valence-electron chi connectivity index (χ3n) is 6.10. The Kier molecular flexibility index (Phi) is 5.64. The molecule has 2 fully saturated rings. The minimum atomic E-state index is -0.466. The molecule has 3 unspecified atom stereocenters. The van der Waals surface area contributed by atoms with E-state index in [-0.39, 0.29) is 42.5 Å². The first kappa shape index (κ1) is 21.9. The molecule has 0 saturated carbocycles. The number of halogens is 1. The van der Waals surface area contributed by atoms with Gasteiger partial charge in [0.2, 0.25) is 5.91 Å². The first-order chi connectivity index (χ1) is 16.4. The van der Waals surface area contributed by atoms with Gasteiger partial charge in [0.25, 0.3) is 0 Å². The van der Waals surface area contributed by atoms with Crippen LogP contribution >= 0.6 is 0 Å². The highest BCUT2D eigenvalue weighted by Gasteiger charge is 2.48. The van der Waals surface area contributed by atoms with E-state index < -0.39 is 5.97 Å². The summed E-state index contributed by atoms with van der Waals surface area (Å²) in [6, 6.07) is 12.2. The number of hydrogen-bond donors (Lipinski definition) is 3. The Morgan fingerprint density at radius 1 is 1.09 bits per heavy atom. The zero-order chi connectivity index (χ0) is 23.8. The molecule has 3 aliphatic heterocycles. The molecule has 5 rings (SSSR count). The Morgan fingerprint density at radius 2 is 1.82 bits per heavy atom. The van der Waals surface area contributed by atoms with Gasteiger partial charge in [-0.15, -0.1) is 0 Å². The molecule has 0 aromatic heterocycles. The van der Waals surface area contributed by atoms with Crippen molar-refractivity contribution in [1.82, 2.24) is 25.8 Å². The number of ether oxygens (including phenoxy) is 1. The van der Waals surface area contributed by atoms with Crippen LogP contribution in [0, 0.1) is 5.82 Å². The molecule has 34 heavy (non-hydrogen) atoms. The summed E-state index contributed by atoms with van der Waals surface area (Å²) in [5, 5.41) is 5.93. The minimum Gasteiger partial charge on any atom is -0.465 e. The quantitative estimate of drug-likeness (QED) is 0.578. The highest BCUT2D eigenvalue weighted by Crippen LogP contribution is 2.34. The highest BCUT2D eigenvalue weighted by atomic mass is 19.1. The fourth-order valence-corrected chi connectivity index (χ4v) is 4.40. The predicted molar refractivity (Wildman–Crippen MR) is 119 cm³/mol. The summed E-state index contributed by atoms with van der Waals surface area (Å²) < 4.78 is 17.9. The van der Waals surface area contributed by atoms with E-state index in [1.165, 1.54) is 24.3 Å². The number of nitrogens with one attached hydrogen (secondary N) is 3. The van der Waals surface area contributed by atoms with E-state index in [0.717, 1.165) is 5.56 Å². The van der Waals surface area contributed by atoms with Crippen molar-refractivity contribution in [1.29, 1.82) is 0 Å². The van der Waals surface area contributed by atoms with E-state index in [1.54, 1.807) is 53.7 Å². The van der Waals surface area contributed by atoms with Gasteiger partial charge in [-0.3, -0.25) is 9.69 Å². The Hall–Kier alpha value is -3.96. The van der Waals surface area contributed by atoms with E-state index in [1.807, 2.05) is 5.01 Å². The van der Waals surface area contributed by atoms with Gasteiger partial charge >= 0.3 is 12.0 Å². The molecular weight excluding hydrogens is 443 g/mol. The van der Waals surface area contributed by atoms with Gasteiger partial charge in [-0.1, -0.05) is 12.1 Å². The number of hydrogen-bond acceptors (Lipinski definition) is 7. The summed E-state index contributed by atoms with van der Waals surface area (Å²) >= 11 is 0. The SMILES string of the molecule is COC(=O)c1ccc(NC(=O)CN2NC3C4CC(c5ccc(F)cc5)NN4C=CN3C2=O)cc1. The highest BCUT2D eigenvalue weighted by molar-refractivity contribution is 5.95. The molecule has 3 N–H and O–H groups in total. The van der Waals surface area contributed by atoms with Crippen molar-refractivity contribution in [2.24, 2.45) is 0 Å². The van der Waals surface area contributed by atoms with Crippen LogP contribution in [0.2, 0.25) is 0 Å². The van der Waals surface area contributed by atoms with Gasteiger partial charge in [-0.05, 0) is 48.4 Å². The van der Waals surface area contributed by atoms with Crippen LogP contribution in [0.15, 0.2) is 60.9 Å². The van der Waals surface area contributed by atoms with E-state index in [0.29, 0.717) is 17.7 Å². The minimum absolute atomic E-state index is 0.0302. The van der Waals surface area contributed by atoms with Crippen LogP contribution < -0.4 is 16.2 Å². The zero-order valence-electron chi connectivity index (χ0n) is 18.3. The van der Waals surface area contributed by atoms with Crippen molar-refractivity contribution in [2.75, 3.05) is 19.0 Å². The Labute approximate surface area is 194 Å². The molecule has 2 aromatic carbocycles. The van der Waals surface area contributed by atoms with Gasteiger partial charge in [-0.2, -0.15) is 0 Å². The maximum Gasteiger partial charge on any atom is 0.340 e. The second-order valence-electron chi connectivity index (χ2n) is 8.21. The van der Waals surface area contributed by atoms with Gasteiger partial charge < -0.3 is 15.1 Å². The smallest absolute Gasteiger partial charge is 0.340 e. The van der Waals surface area contributed by atoms with Gasteiger partial charge in [0.1, 0.15) is 18.5 Å². The average molecular weight is 466 g/mol. The van der Waals surface area contributed by atoms with E-state index >= 15 is 0 Å². The summed E-state index contributed by atoms with van der Waals surface area (Å²) in [5.74, 6) is -1.14. The zero-order valence-corrected chi connectivity index (χ0v) is 18.3. The molecular formula is C23H23FN6O4. The molecule has 11 heteroatoms. The lowest BCUT2D eigenvalue weighted by molar-refractivity contribution is -0.117. The van der Waals surface area contributed by atoms with Crippen LogP contribution in [0.5, 0.6) is 0 Å². The standard InChI is InChI=1S/C23H23FN6O4/c1-34-22(32)15-4-8-17(9-5-15)25-20(31)13-30-23(33)28-10-11-29-19(21(28)27-30)12-18(26-29)14-2-6-16(24)7-3-14/h2-11,18-19,21,26-27H,12-13H2,1H3,(H,25,31). The predicted octanol–water partition coefficient (Wildman–Crippen LogP) is 1.92. The Morgan fingerprint density at radius 3 is 2.53 bits per heavy atom. The number of benzene rings is 2. The second kappa shape index (κ2) is 8.76. The van der Waals surface area contributed by atoms with Gasteiger partial charge in [0.05, 0.1) is 24.8 Å². The molecule has 3 aliphatic rings. The van der Waals surface area contributed by atoms with Crippen LogP contribution in [0.25, 0.3) is 0 Å². The third-order valence-corrected chi connectivity index (χ3v) is 6.10. The first-order valence-corrected chi connectivity index (χ1v) is 10.8. The second-order valence-corrected chi connectivity index (χ2v) is 8.21. The molecule has 2 saturated heterocycles. The number of fused-ring (bicyclic) bond motifs is 3. The van der Waals surface area contributed by atoms with Crippen molar-refractivity contribution in [2.45, 2.75) is 24.7 Å². The number of anilines is 1. The summed E-state index contributed by atoms with van der Waals surface area (Å²) in [6.45, 7) is -0.194. The molecule has 0 spiro atoms. The Balaban J connectivity index is 1.21. The summed E-state index contributed by atoms with van der Waals surface area (Å²) in [5.41, 5.74) is 8.33. The number of rotatable bonds is 5. The van der Waals surface area contributed by atoms with Gasteiger partial charge in [-0.25, -0.2) is 29.8 Å². The lowest BCUT2D eigenvalue weighted by Gasteiger charge is -2.34. The Bertz CT molecular complexity index is 1140. The molecule has 0 bridgehead atoms. The van der Waals surface area contributed by atoms with Crippen LogP contribution in [0.4, 0.5) is 14.9 Å². The lowest BCUT2D eigenvalue weighted by atomic mass is 10.00. The lowest BCUT2D eigenvalue weighted by Crippen LogP contribution is -2.54. The van der Waals surface area contributed by atoms with Crippen LogP contribution in [-0.4, -0.2) is 58.7 Å². The van der Waals surface area contributed by atoms with E-state index in [2.05, 4.69) is 20.9 Å².